The molecule has 1 aliphatic rings. The monoisotopic (exact) mass is 481 g/mol. The van der Waals surface area contributed by atoms with Gasteiger partial charge in [0.2, 0.25) is 17.7 Å². The van der Waals surface area contributed by atoms with E-state index >= 15 is 0 Å². The van der Waals surface area contributed by atoms with Crippen molar-refractivity contribution in [3.8, 4) is 0 Å². The topological polar surface area (TPSA) is 87.3 Å². The van der Waals surface area contributed by atoms with Crippen LogP contribution in [0.25, 0.3) is 0 Å². The molecule has 0 radical (unpaired) electrons. The maximum absolute atomic E-state index is 12.2. The number of carbonyl (C=O) groups excluding carboxylic acids is 3. The molecule has 1 atom stereocenters. The fourth-order valence-electron chi connectivity index (χ4n) is 2.64. The zero-order valence-electron chi connectivity index (χ0n) is 14.8. The number of hydrogen-bond donors (Lipinski definition) is 3. The van der Waals surface area contributed by atoms with Crippen molar-refractivity contribution >= 4 is 68.4 Å². The van der Waals surface area contributed by atoms with Crippen LogP contribution < -0.4 is 16.0 Å². The molecule has 28 heavy (non-hydrogen) atoms. The lowest BCUT2D eigenvalue weighted by Gasteiger charge is -2.23. The van der Waals surface area contributed by atoms with Crippen molar-refractivity contribution in [3.05, 3.63) is 51.5 Å². The Morgan fingerprint density at radius 3 is 2.75 bits per heavy atom. The second-order valence-corrected chi connectivity index (χ2v) is 8.82. The Hall–Kier alpha value is -2.03. The molecule has 3 amide bonds. The van der Waals surface area contributed by atoms with Gasteiger partial charge in [-0.15, -0.1) is 11.8 Å². The van der Waals surface area contributed by atoms with Gasteiger partial charge in [0.05, 0.1) is 17.5 Å². The summed E-state index contributed by atoms with van der Waals surface area (Å²) in [5.41, 5.74) is 2.23. The summed E-state index contributed by atoms with van der Waals surface area (Å²) in [5.74, 6) is -0.961. The summed E-state index contributed by atoms with van der Waals surface area (Å²) in [4.78, 5) is 37.3. The van der Waals surface area contributed by atoms with Gasteiger partial charge in [0.15, 0.2) is 0 Å². The Morgan fingerprint density at radius 1 is 1.21 bits per heavy atom. The molecular weight excluding hydrogens is 466 g/mol. The minimum Gasteiger partial charge on any atom is -0.347 e. The molecule has 0 saturated heterocycles. The number of benzene rings is 2. The summed E-state index contributed by atoms with van der Waals surface area (Å²) in [7, 11) is 0. The van der Waals surface area contributed by atoms with Gasteiger partial charge in [-0.3, -0.25) is 14.4 Å². The Kier molecular flexibility index (Phi) is 6.64. The first-order valence-electron chi connectivity index (χ1n) is 8.41. The molecule has 3 N–H and O–H groups in total. The summed E-state index contributed by atoms with van der Waals surface area (Å²) < 4.78 is 0.920. The predicted molar refractivity (Wildman–Crippen MR) is 115 cm³/mol. The van der Waals surface area contributed by atoms with Crippen LogP contribution in [-0.4, -0.2) is 29.5 Å². The van der Waals surface area contributed by atoms with Crippen LogP contribution in [-0.2, 0) is 14.4 Å². The first-order chi connectivity index (χ1) is 13.3. The van der Waals surface area contributed by atoms with E-state index in [1.54, 1.807) is 24.3 Å². The first-order valence-corrected chi connectivity index (χ1v) is 10.5. The third kappa shape index (κ3) is 5.27. The van der Waals surface area contributed by atoms with E-state index in [0.717, 1.165) is 14.9 Å². The maximum Gasteiger partial charge on any atom is 0.243 e. The van der Waals surface area contributed by atoms with Crippen LogP contribution in [0, 0.1) is 6.92 Å². The molecular formula is C19H17BrClN3O3S. The molecule has 0 aliphatic carbocycles. The highest BCUT2D eigenvalue weighted by atomic mass is 79.9. The Balaban J connectivity index is 1.51. The van der Waals surface area contributed by atoms with Crippen molar-refractivity contribution < 1.29 is 14.4 Å². The SMILES string of the molecule is Cc1cc(Br)ccc1NC(=O)CNC(=O)CC1Sc2ccc(Cl)cc2NC1=O. The number of thioether (sulfide) groups is 1. The fourth-order valence-corrected chi connectivity index (χ4v) is 4.38. The van der Waals surface area contributed by atoms with E-state index < -0.39 is 5.25 Å². The number of hydrogen-bond acceptors (Lipinski definition) is 4. The minimum atomic E-state index is -0.564. The number of rotatable bonds is 5. The van der Waals surface area contributed by atoms with Crippen molar-refractivity contribution in [2.24, 2.45) is 0 Å². The van der Waals surface area contributed by atoms with Crippen LogP contribution in [0.1, 0.15) is 12.0 Å². The van der Waals surface area contributed by atoms with E-state index in [4.69, 9.17) is 11.6 Å². The van der Waals surface area contributed by atoms with Crippen LogP contribution in [0.3, 0.4) is 0 Å². The molecule has 0 bridgehead atoms. The van der Waals surface area contributed by atoms with Gasteiger partial charge < -0.3 is 16.0 Å². The molecule has 2 aromatic rings. The number of aryl methyl sites for hydroxylation is 1. The lowest BCUT2D eigenvalue weighted by atomic mass is 10.2. The summed E-state index contributed by atoms with van der Waals surface area (Å²) in [6.07, 6.45) is -0.0246. The second kappa shape index (κ2) is 8.98. The Labute approximate surface area is 179 Å². The van der Waals surface area contributed by atoms with E-state index in [-0.39, 0.29) is 30.7 Å². The molecule has 1 unspecified atom stereocenters. The average Bonchev–Trinajstić information content (AvgIpc) is 2.63. The van der Waals surface area contributed by atoms with Gasteiger partial charge in [0, 0.05) is 26.5 Å². The lowest BCUT2D eigenvalue weighted by molar-refractivity contribution is -0.125. The summed E-state index contributed by atoms with van der Waals surface area (Å²) in [5, 5.41) is 8.03. The summed E-state index contributed by atoms with van der Waals surface area (Å²) in [6, 6.07) is 10.7. The zero-order valence-corrected chi connectivity index (χ0v) is 18.0. The predicted octanol–water partition coefficient (Wildman–Crippen LogP) is 3.97. The van der Waals surface area contributed by atoms with Crippen molar-refractivity contribution in [2.75, 3.05) is 17.2 Å². The van der Waals surface area contributed by atoms with E-state index in [2.05, 4.69) is 31.9 Å². The van der Waals surface area contributed by atoms with Crippen molar-refractivity contribution in [3.63, 3.8) is 0 Å². The van der Waals surface area contributed by atoms with E-state index in [9.17, 15) is 14.4 Å². The van der Waals surface area contributed by atoms with Gasteiger partial charge in [-0.1, -0.05) is 27.5 Å². The van der Waals surface area contributed by atoms with Gasteiger partial charge in [-0.25, -0.2) is 0 Å². The number of nitrogens with one attached hydrogen (secondary N) is 3. The van der Waals surface area contributed by atoms with Gasteiger partial charge in [-0.05, 0) is 48.9 Å². The number of anilines is 2. The average molecular weight is 483 g/mol. The van der Waals surface area contributed by atoms with E-state index in [1.807, 2.05) is 19.1 Å². The maximum atomic E-state index is 12.2. The van der Waals surface area contributed by atoms with Crippen LogP contribution in [0.15, 0.2) is 45.8 Å². The highest BCUT2D eigenvalue weighted by Crippen LogP contribution is 2.38. The third-order valence-corrected chi connectivity index (χ3v) is 6.04. The van der Waals surface area contributed by atoms with Crippen molar-refractivity contribution in [1.29, 1.82) is 0 Å². The van der Waals surface area contributed by atoms with Crippen molar-refractivity contribution in [1.82, 2.24) is 5.32 Å². The van der Waals surface area contributed by atoms with Crippen LogP contribution >= 0.6 is 39.3 Å². The summed E-state index contributed by atoms with van der Waals surface area (Å²) >= 11 is 10.6. The fraction of sp³-hybridized carbons (Fsp3) is 0.211. The number of halogens is 2. The zero-order chi connectivity index (χ0) is 20.3. The van der Waals surface area contributed by atoms with Crippen LogP contribution in [0.5, 0.6) is 0 Å². The van der Waals surface area contributed by atoms with Gasteiger partial charge in [0.1, 0.15) is 0 Å². The standard InChI is InChI=1S/C19H17BrClN3O3S/c1-10-6-11(20)2-4-13(10)23-18(26)9-22-17(25)8-16-19(27)24-14-7-12(21)3-5-15(14)28-16/h2-7,16H,8-9H2,1H3,(H,22,25)(H,23,26)(H,24,27). The molecule has 0 fully saturated rings. The minimum absolute atomic E-state index is 0.0246. The molecule has 6 nitrogen and oxygen atoms in total. The lowest BCUT2D eigenvalue weighted by Crippen LogP contribution is -2.37. The Bertz CT molecular complexity index is 954. The Morgan fingerprint density at radius 2 is 2.00 bits per heavy atom. The summed E-state index contributed by atoms with van der Waals surface area (Å²) in [6.45, 7) is 1.71. The van der Waals surface area contributed by atoms with E-state index in [1.165, 1.54) is 11.8 Å². The molecule has 9 heteroatoms. The van der Waals surface area contributed by atoms with Gasteiger partial charge in [-0.2, -0.15) is 0 Å². The second-order valence-electron chi connectivity index (χ2n) is 6.22. The molecule has 1 aliphatic heterocycles. The molecule has 0 spiro atoms. The first kappa shape index (κ1) is 20.7. The highest BCUT2D eigenvalue weighted by molar-refractivity contribution is 9.10. The molecule has 2 aromatic carbocycles. The van der Waals surface area contributed by atoms with Gasteiger partial charge in [0.25, 0.3) is 0 Å². The number of carbonyl (C=O) groups is 3. The molecule has 1 heterocycles. The quantitative estimate of drug-likeness (QED) is 0.602. The molecule has 0 aromatic heterocycles. The normalized spacial score (nSPS) is 15.4. The van der Waals surface area contributed by atoms with E-state index in [0.29, 0.717) is 16.4 Å². The highest BCUT2D eigenvalue weighted by Gasteiger charge is 2.29. The third-order valence-electron chi connectivity index (χ3n) is 4.04. The molecule has 146 valence electrons. The van der Waals surface area contributed by atoms with Crippen LogP contribution in [0.2, 0.25) is 5.02 Å². The molecule has 3 rings (SSSR count). The van der Waals surface area contributed by atoms with Crippen LogP contribution in [0.4, 0.5) is 11.4 Å². The largest absolute Gasteiger partial charge is 0.347 e. The smallest absolute Gasteiger partial charge is 0.243 e. The van der Waals surface area contributed by atoms with Crippen molar-refractivity contribution in [2.45, 2.75) is 23.5 Å². The number of amides is 3. The molecule has 0 saturated carbocycles. The number of fused-ring (bicyclic) bond motifs is 1. The van der Waals surface area contributed by atoms with Gasteiger partial charge >= 0.3 is 0 Å².